The molecule has 6 nitrogen and oxygen atoms in total. The zero-order valence-corrected chi connectivity index (χ0v) is 18.7. The Balaban J connectivity index is 1.98. The fourth-order valence-corrected chi connectivity index (χ4v) is 4.19. The normalized spacial score (nSPS) is 17.2. The van der Waals surface area contributed by atoms with Gasteiger partial charge in [-0.15, -0.1) is 0 Å². The second kappa shape index (κ2) is 9.33. The Morgan fingerprint density at radius 2 is 1.35 bits per heavy atom. The molecule has 1 aliphatic rings. The Kier molecular flexibility index (Phi) is 6.78. The average Bonchev–Trinajstić information content (AvgIpc) is 3.05. The van der Waals surface area contributed by atoms with Crippen molar-refractivity contribution in [2.45, 2.75) is 58.2 Å². The van der Waals surface area contributed by atoms with E-state index < -0.39 is 17.5 Å². The molecule has 164 valence electrons. The fourth-order valence-electron chi connectivity index (χ4n) is 4.19. The Morgan fingerprint density at radius 3 is 1.77 bits per heavy atom. The van der Waals surface area contributed by atoms with Gasteiger partial charge >= 0.3 is 6.03 Å². The van der Waals surface area contributed by atoms with Gasteiger partial charge in [0.05, 0.1) is 0 Å². The van der Waals surface area contributed by atoms with Crippen molar-refractivity contribution in [1.29, 1.82) is 0 Å². The second-order valence-electron chi connectivity index (χ2n) is 8.12. The van der Waals surface area contributed by atoms with E-state index in [0.717, 1.165) is 17.7 Å². The largest absolute Gasteiger partial charge is 0.336 e. The van der Waals surface area contributed by atoms with Gasteiger partial charge in [-0.2, -0.15) is 0 Å². The highest BCUT2D eigenvalue weighted by Gasteiger charge is 2.54. The van der Waals surface area contributed by atoms with Crippen molar-refractivity contribution in [3.05, 3.63) is 71.8 Å². The van der Waals surface area contributed by atoms with E-state index in [-0.39, 0.29) is 24.5 Å². The van der Waals surface area contributed by atoms with Crippen LogP contribution >= 0.6 is 0 Å². The maximum atomic E-state index is 13.7. The predicted molar refractivity (Wildman–Crippen MR) is 120 cm³/mol. The number of amides is 4. The summed E-state index contributed by atoms with van der Waals surface area (Å²) in [6.07, 6.45) is 1.60. The van der Waals surface area contributed by atoms with Crippen LogP contribution in [0.1, 0.15) is 51.7 Å². The molecule has 1 heterocycles. The molecule has 0 radical (unpaired) electrons. The third-order valence-electron chi connectivity index (χ3n) is 6.23. The highest BCUT2D eigenvalue weighted by Crippen LogP contribution is 2.36. The first-order chi connectivity index (χ1) is 14.9. The molecule has 2 aromatic carbocycles. The SMILES string of the molecule is CC[C@@H](C)N(C(=O)CN1C(=O)NC(c2ccccc2)(c2ccccc2)C1=O)[C@@H](C)CC. The van der Waals surface area contributed by atoms with Gasteiger partial charge in [0.2, 0.25) is 5.91 Å². The topological polar surface area (TPSA) is 69.7 Å². The number of nitrogens with zero attached hydrogens (tertiary/aromatic N) is 2. The first-order valence-corrected chi connectivity index (χ1v) is 10.9. The fraction of sp³-hybridized carbons (Fsp3) is 0.400. The number of nitrogens with one attached hydrogen (secondary N) is 1. The molecule has 1 saturated heterocycles. The standard InChI is InChI=1S/C25H31N3O3/c1-5-18(3)28(19(4)6-2)22(29)17-27-23(30)25(26-24(27)31,20-13-9-7-10-14-20)21-15-11-8-12-16-21/h7-16,18-19H,5-6,17H2,1-4H3,(H,26,31)/t18-,19+. The summed E-state index contributed by atoms with van der Waals surface area (Å²) in [5.41, 5.74) is -0.0253. The minimum absolute atomic E-state index is 0.0243. The molecule has 0 aromatic heterocycles. The van der Waals surface area contributed by atoms with Crippen LogP contribution in [-0.4, -0.2) is 46.3 Å². The smallest absolute Gasteiger partial charge is 0.326 e. The highest BCUT2D eigenvalue weighted by molar-refractivity contribution is 6.11. The number of rotatable bonds is 8. The predicted octanol–water partition coefficient (Wildman–Crippen LogP) is 3.91. The summed E-state index contributed by atoms with van der Waals surface area (Å²) in [7, 11) is 0. The van der Waals surface area contributed by atoms with Gasteiger partial charge < -0.3 is 10.2 Å². The van der Waals surface area contributed by atoms with E-state index in [1.54, 1.807) is 4.90 Å². The maximum Gasteiger partial charge on any atom is 0.326 e. The molecule has 0 aliphatic carbocycles. The third-order valence-corrected chi connectivity index (χ3v) is 6.23. The van der Waals surface area contributed by atoms with Crippen LogP contribution in [0, 0.1) is 0 Å². The zero-order chi connectivity index (χ0) is 22.6. The Hall–Kier alpha value is -3.15. The van der Waals surface area contributed by atoms with Crippen molar-refractivity contribution >= 4 is 17.8 Å². The lowest BCUT2D eigenvalue weighted by Crippen LogP contribution is -2.50. The Bertz CT molecular complexity index is 880. The Morgan fingerprint density at radius 1 is 0.903 bits per heavy atom. The molecule has 2 aromatic rings. The first-order valence-electron chi connectivity index (χ1n) is 10.9. The van der Waals surface area contributed by atoms with Crippen LogP contribution < -0.4 is 5.32 Å². The van der Waals surface area contributed by atoms with Crippen LogP contribution in [0.5, 0.6) is 0 Å². The van der Waals surface area contributed by atoms with Crippen molar-refractivity contribution in [2.24, 2.45) is 0 Å². The van der Waals surface area contributed by atoms with Crippen LogP contribution in [0.2, 0.25) is 0 Å². The first kappa shape index (κ1) is 22.5. The molecular weight excluding hydrogens is 390 g/mol. The van der Waals surface area contributed by atoms with E-state index >= 15 is 0 Å². The monoisotopic (exact) mass is 421 g/mol. The van der Waals surface area contributed by atoms with E-state index in [2.05, 4.69) is 5.32 Å². The van der Waals surface area contributed by atoms with Gasteiger partial charge in [-0.05, 0) is 37.8 Å². The van der Waals surface area contributed by atoms with Gasteiger partial charge in [0.25, 0.3) is 5.91 Å². The molecule has 31 heavy (non-hydrogen) atoms. The number of hydrogen-bond donors (Lipinski definition) is 1. The molecule has 2 atom stereocenters. The lowest BCUT2D eigenvalue weighted by Gasteiger charge is -2.35. The van der Waals surface area contributed by atoms with Crippen molar-refractivity contribution in [2.75, 3.05) is 6.54 Å². The van der Waals surface area contributed by atoms with E-state index in [1.807, 2.05) is 88.4 Å². The summed E-state index contributed by atoms with van der Waals surface area (Å²) in [6, 6.07) is 17.8. The minimum atomic E-state index is -1.35. The molecule has 1 N–H and O–H groups in total. The molecule has 1 aliphatic heterocycles. The minimum Gasteiger partial charge on any atom is -0.336 e. The second-order valence-corrected chi connectivity index (χ2v) is 8.12. The molecule has 0 saturated carbocycles. The number of carbonyl (C=O) groups excluding carboxylic acids is 3. The van der Waals surface area contributed by atoms with Gasteiger partial charge in [0.15, 0.2) is 5.54 Å². The summed E-state index contributed by atoms with van der Waals surface area (Å²) in [5.74, 6) is -0.652. The molecule has 6 heteroatoms. The van der Waals surface area contributed by atoms with Crippen molar-refractivity contribution in [3.63, 3.8) is 0 Å². The summed E-state index contributed by atoms with van der Waals surface area (Å²) in [6.45, 7) is 7.76. The van der Waals surface area contributed by atoms with Crippen LogP contribution in [0.3, 0.4) is 0 Å². The molecule has 0 spiro atoms. The number of hydrogen-bond acceptors (Lipinski definition) is 3. The van der Waals surface area contributed by atoms with Crippen LogP contribution in [0.25, 0.3) is 0 Å². The number of imide groups is 1. The lowest BCUT2D eigenvalue weighted by atomic mass is 9.82. The average molecular weight is 422 g/mol. The van der Waals surface area contributed by atoms with Gasteiger partial charge in [-0.3, -0.25) is 14.5 Å². The summed E-state index contributed by atoms with van der Waals surface area (Å²) in [5, 5.41) is 2.90. The molecule has 0 unspecified atom stereocenters. The van der Waals surface area contributed by atoms with Crippen LogP contribution in [0.4, 0.5) is 4.79 Å². The number of carbonyl (C=O) groups is 3. The quantitative estimate of drug-likeness (QED) is 0.657. The summed E-state index contributed by atoms with van der Waals surface area (Å²) < 4.78 is 0. The van der Waals surface area contributed by atoms with Crippen LogP contribution in [-0.2, 0) is 15.1 Å². The number of urea groups is 1. The van der Waals surface area contributed by atoms with Gasteiger partial charge in [-0.1, -0.05) is 74.5 Å². The zero-order valence-electron chi connectivity index (χ0n) is 18.7. The molecule has 3 rings (SSSR count). The van der Waals surface area contributed by atoms with Crippen molar-refractivity contribution in [1.82, 2.24) is 15.1 Å². The van der Waals surface area contributed by atoms with Gasteiger partial charge in [0, 0.05) is 12.1 Å². The maximum absolute atomic E-state index is 13.7. The summed E-state index contributed by atoms with van der Waals surface area (Å²) >= 11 is 0. The van der Waals surface area contributed by atoms with E-state index in [9.17, 15) is 14.4 Å². The van der Waals surface area contributed by atoms with Crippen LogP contribution in [0.15, 0.2) is 60.7 Å². The third kappa shape index (κ3) is 4.07. The van der Waals surface area contributed by atoms with E-state index in [0.29, 0.717) is 11.1 Å². The highest BCUT2D eigenvalue weighted by atomic mass is 16.2. The molecule has 4 amide bonds. The molecular formula is C25H31N3O3. The summed E-state index contributed by atoms with van der Waals surface area (Å²) in [4.78, 5) is 42.8. The number of benzene rings is 2. The Labute approximate surface area is 184 Å². The molecule has 1 fully saturated rings. The van der Waals surface area contributed by atoms with Gasteiger partial charge in [-0.25, -0.2) is 4.79 Å². The van der Waals surface area contributed by atoms with E-state index in [4.69, 9.17) is 0 Å². The van der Waals surface area contributed by atoms with Crippen molar-refractivity contribution < 1.29 is 14.4 Å². The lowest BCUT2D eigenvalue weighted by molar-refractivity contribution is -0.141. The van der Waals surface area contributed by atoms with Crippen molar-refractivity contribution in [3.8, 4) is 0 Å². The molecule has 0 bridgehead atoms. The van der Waals surface area contributed by atoms with Gasteiger partial charge in [0.1, 0.15) is 6.54 Å². The van der Waals surface area contributed by atoms with E-state index in [1.165, 1.54) is 0 Å².